The minimum atomic E-state index is -3.30. The summed E-state index contributed by atoms with van der Waals surface area (Å²) in [5.74, 6) is -0.834. The molecule has 0 fully saturated rings. The van der Waals surface area contributed by atoms with Crippen molar-refractivity contribution in [2.45, 2.75) is 4.90 Å². The molecule has 0 radical (unpaired) electrons. The Bertz CT molecular complexity index is 788. The number of rotatable bonds is 3. The van der Waals surface area contributed by atoms with Gasteiger partial charge >= 0.3 is 0 Å². The first kappa shape index (κ1) is 15.7. The van der Waals surface area contributed by atoms with Gasteiger partial charge in [-0.15, -0.1) is 0 Å². The lowest BCUT2D eigenvalue weighted by molar-refractivity contribution is 0.102. The number of nitrogens with one attached hydrogen (secondary N) is 1. The van der Waals surface area contributed by atoms with E-state index < -0.39 is 21.6 Å². The first-order valence-corrected chi connectivity index (χ1v) is 8.52. The maximum absolute atomic E-state index is 13.0. The van der Waals surface area contributed by atoms with Gasteiger partial charge in [-0.2, -0.15) is 0 Å². The van der Waals surface area contributed by atoms with E-state index in [2.05, 4.69) is 21.2 Å². The highest BCUT2D eigenvalue weighted by atomic mass is 79.9. The van der Waals surface area contributed by atoms with Crippen LogP contribution < -0.4 is 5.32 Å². The van der Waals surface area contributed by atoms with Crippen molar-refractivity contribution in [3.63, 3.8) is 0 Å². The van der Waals surface area contributed by atoms with Gasteiger partial charge in [-0.05, 0) is 58.4 Å². The van der Waals surface area contributed by atoms with Gasteiger partial charge in [0.25, 0.3) is 5.91 Å². The molecule has 1 N–H and O–H groups in total. The van der Waals surface area contributed by atoms with Gasteiger partial charge in [0.1, 0.15) is 5.82 Å². The molecule has 0 aliphatic heterocycles. The molecule has 2 aromatic rings. The number of sulfone groups is 1. The summed E-state index contributed by atoms with van der Waals surface area (Å²) >= 11 is 3.15. The van der Waals surface area contributed by atoms with Gasteiger partial charge in [0.05, 0.1) is 10.6 Å². The first-order valence-electron chi connectivity index (χ1n) is 5.84. The molecule has 2 rings (SSSR count). The van der Waals surface area contributed by atoms with E-state index in [0.29, 0.717) is 15.7 Å². The minimum absolute atomic E-state index is 0.141. The predicted octanol–water partition coefficient (Wildman–Crippen LogP) is 3.24. The van der Waals surface area contributed by atoms with Gasteiger partial charge in [0, 0.05) is 16.3 Å². The molecular weight excluding hydrogens is 361 g/mol. The fourth-order valence-corrected chi connectivity index (χ4v) is 2.72. The molecule has 21 heavy (non-hydrogen) atoms. The van der Waals surface area contributed by atoms with Crippen molar-refractivity contribution < 1.29 is 17.6 Å². The second kappa shape index (κ2) is 5.95. The fourth-order valence-electron chi connectivity index (χ4n) is 1.64. The number of hydrogen-bond acceptors (Lipinski definition) is 3. The highest BCUT2D eigenvalue weighted by Gasteiger charge is 2.11. The summed E-state index contributed by atoms with van der Waals surface area (Å²) in [7, 11) is -3.30. The average Bonchev–Trinajstić information content (AvgIpc) is 2.41. The number of halogens is 2. The summed E-state index contributed by atoms with van der Waals surface area (Å²) in [4.78, 5) is 12.2. The van der Waals surface area contributed by atoms with Crippen LogP contribution in [0.3, 0.4) is 0 Å². The standard InChI is InChI=1S/C14H11BrFNO3S/c1-21(19,20)11-5-2-9(3-6-11)14(18)17-13-7-4-10(16)8-12(13)15/h2-8H,1H3,(H,17,18). The Kier molecular flexibility index (Phi) is 4.43. The summed E-state index contributed by atoms with van der Waals surface area (Å²) in [6.07, 6.45) is 1.09. The zero-order valence-corrected chi connectivity index (χ0v) is 13.3. The van der Waals surface area contributed by atoms with E-state index in [1.165, 1.54) is 42.5 Å². The summed E-state index contributed by atoms with van der Waals surface area (Å²) in [6.45, 7) is 0. The maximum Gasteiger partial charge on any atom is 0.255 e. The molecule has 0 heterocycles. The largest absolute Gasteiger partial charge is 0.321 e. The predicted molar refractivity (Wildman–Crippen MR) is 81.6 cm³/mol. The summed E-state index contributed by atoms with van der Waals surface area (Å²) in [5, 5.41) is 2.61. The topological polar surface area (TPSA) is 63.2 Å². The van der Waals surface area contributed by atoms with Crippen molar-refractivity contribution in [2.75, 3.05) is 11.6 Å². The van der Waals surface area contributed by atoms with Crippen LogP contribution in [-0.4, -0.2) is 20.6 Å². The normalized spacial score (nSPS) is 11.2. The van der Waals surface area contributed by atoms with Crippen molar-refractivity contribution in [2.24, 2.45) is 0 Å². The number of anilines is 1. The van der Waals surface area contributed by atoms with Gasteiger partial charge in [0.15, 0.2) is 9.84 Å². The van der Waals surface area contributed by atoms with Crippen molar-refractivity contribution in [1.29, 1.82) is 0 Å². The van der Waals surface area contributed by atoms with Crippen molar-refractivity contribution in [1.82, 2.24) is 0 Å². The molecule has 0 saturated carbocycles. The SMILES string of the molecule is CS(=O)(=O)c1ccc(C(=O)Nc2ccc(F)cc2Br)cc1. The van der Waals surface area contributed by atoms with Crippen LogP contribution in [0.5, 0.6) is 0 Å². The van der Waals surface area contributed by atoms with Crippen LogP contribution >= 0.6 is 15.9 Å². The molecule has 0 aliphatic rings. The van der Waals surface area contributed by atoms with Gasteiger partial charge in [-0.1, -0.05) is 0 Å². The monoisotopic (exact) mass is 371 g/mol. The molecule has 4 nitrogen and oxygen atoms in total. The Labute approximate surface area is 130 Å². The average molecular weight is 372 g/mol. The summed E-state index contributed by atoms with van der Waals surface area (Å²) < 4.78 is 36.1. The minimum Gasteiger partial charge on any atom is -0.321 e. The molecule has 2 aromatic carbocycles. The van der Waals surface area contributed by atoms with Gasteiger partial charge in [0.2, 0.25) is 0 Å². The Hall–Kier alpha value is -1.73. The zero-order valence-electron chi connectivity index (χ0n) is 10.9. The van der Waals surface area contributed by atoms with Crippen LogP contribution in [0.15, 0.2) is 51.8 Å². The van der Waals surface area contributed by atoms with Crippen LogP contribution in [0, 0.1) is 5.82 Å². The number of amides is 1. The number of carbonyl (C=O) groups is 1. The number of carbonyl (C=O) groups excluding carboxylic acids is 1. The lowest BCUT2D eigenvalue weighted by atomic mass is 10.2. The lowest BCUT2D eigenvalue weighted by Gasteiger charge is -2.08. The second-order valence-electron chi connectivity index (χ2n) is 4.37. The molecule has 0 unspecified atom stereocenters. The molecule has 0 aliphatic carbocycles. The third kappa shape index (κ3) is 3.89. The molecule has 0 spiro atoms. The zero-order chi connectivity index (χ0) is 15.6. The van der Waals surface area contributed by atoms with E-state index in [-0.39, 0.29) is 4.90 Å². The molecular formula is C14H11BrFNO3S. The van der Waals surface area contributed by atoms with Crippen LogP contribution in [0.1, 0.15) is 10.4 Å². The quantitative estimate of drug-likeness (QED) is 0.900. The lowest BCUT2D eigenvalue weighted by Crippen LogP contribution is -2.12. The van der Waals surface area contributed by atoms with Crippen LogP contribution in [0.25, 0.3) is 0 Å². The number of hydrogen-bond donors (Lipinski definition) is 1. The van der Waals surface area contributed by atoms with Gasteiger partial charge in [-0.3, -0.25) is 4.79 Å². The third-order valence-electron chi connectivity index (χ3n) is 2.72. The molecule has 1 amide bonds. The highest BCUT2D eigenvalue weighted by Crippen LogP contribution is 2.23. The Morgan fingerprint density at radius 3 is 2.29 bits per heavy atom. The van der Waals surface area contributed by atoms with E-state index in [9.17, 15) is 17.6 Å². The van der Waals surface area contributed by atoms with Crippen LogP contribution in [0.4, 0.5) is 10.1 Å². The van der Waals surface area contributed by atoms with E-state index >= 15 is 0 Å². The Balaban J connectivity index is 2.21. The molecule has 0 saturated heterocycles. The van der Waals surface area contributed by atoms with Crippen LogP contribution in [-0.2, 0) is 9.84 Å². The summed E-state index contributed by atoms with van der Waals surface area (Å²) in [5.41, 5.74) is 0.729. The smallest absolute Gasteiger partial charge is 0.255 e. The van der Waals surface area contributed by atoms with Gasteiger partial charge in [-0.25, -0.2) is 12.8 Å². The molecule has 110 valence electrons. The molecule has 0 atom stereocenters. The van der Waals surface area contributed by atoms with E-state index in [1.54, 1.807) is 0 Å². The van der Waals surface area contributed by atoms with Gasteiger partial charge < -0.3 is 5.32 Å². The van der Waals surface area contributed by atoms with Crippen molar-refractivity contribution in [3.8, 4) is 0 Å². The van der Waals surface area contributed by atoms with E-state index in [4.69, 9.17) is 0 Å². The van der Waals surface area contributed by atoms with E-state index in [1.807, 2.05) is 0 Å². The molecule has 0 bridgehead atoms. The molecule has 0 aromatic heterocycles. The van der Waals surface area contributed by atoms with Crippen LogP contribution in [0.2, 0.25) is 0 Å². The Morgan fingerprint density at radius 1 is 1.14 bits per heavy atom. The Morgan fingerprint density at radius 2 is 1.76 bits per heavy atom. The summed E-state index contributed by atoms with van der Waals surface area (Å²) in [6, 6.07) is 9.47. The van der Waals surface area contributed by atoms with Crippen molar-refractivity contribution >= 4 is 37.4 Å². The second-order valence-corrected chi connectivity index (χ2v) is 7.24. The van der Waals surface area contributed by atoms with Crippen molar-refractivity contribution in [3.05, 3.63) is 58.3 Å². The first-order chi connectivity index (χ1) is 9.77. The molecule has 7 heteroatoms. The third-order valence-corrected chi connectivity index (χ3v) is 4.51. The fraction of sp³-hybridized carbons (Fsp3) is 0.0714. The number of benzene rings is 2. The maximum atomic E-state index is 13.0. The van der Waals surface area contributed by atoms with E-state index in [0.717, 1.165) is 6.26 Å². The highest BCUT2D eigenvalue weighted by molar-refractivity contribution is 9.10.